The summed E-state index contributed by atoms with van der Waals surface area (Å²) in [5.74, 6) is 3.36. The fourth-order valence-electron chi connectivity index (χ4n) is 3.86. The van der Waals surface area contributed by atoms with Crippen molar-refractivity contribution in [2.24, 2.45) is 4.99 Å². The van der Waals surface area contributed by atoms with Crippen molar-refractivity contribution in [2.45, 2.75) is 32.5 Å². The molecular formula is C24H35IN4O3. The Morgan fingerprint density at radius 2 is 1.75 bits per heavy atom. The first kappa shape index (κ1) is 26.1. The summed E-state index contributed by atoms with van der Waals surface area (Å²) in [6.07, 6.45) is 1.07. The van der Waals surface area contributed by atoms with E-state index in [1.54, 1.807) is 28.4 Å². The maximum Gasteiger partial charge on any atom is 0.191 e. The highest BCUT2D eigenvalue weighted by atomic mass is 127. The summed E-state index contributed by atoms with van der Waals surface area (Å²) in [5.41, 5.74) is 3.48. The number of halogens is 1. The Morgan fingerprint density at radius 1 is 1.03 bits per heavy atom. The van der Waals surface area contributed by atoms with E-state index < -0.39 is 0 Å². The molecule has 1 heterocycles. The topological polar surface area (TPSA) is 67.4 Å². The summed E-state index contributed by atoms with van der Waals surface area (Å²) in [6, 6.07) is 12.6. The van der Waals surface area contributed by atoms with Crippen LogP contribution in [0, 0.1) is 6.92 Å². The van der Waals surface area contributed by atoms with E-state index in [-0.39, 0.29) is 24.0 Å². The van der Waals surface area contributed by atoms with Crippen LogP contribution in [-0.2, 0) is 13.1 Å². The van der Waals surface area contributed by atoms with E-state index in [9.17, 15) is 0 Å². The molecule has 1 atom stereocenters. The van der Waals surface area contributed by atoms with Gasteiger partial charge in [0.05, 0.1) is 21.3 Å². The van der Waals surface area contributed by atoms with E-state index >= 15 is 0 Å². The third-order valence-corrected chi connectivity index (χ3v) is 5.59. The van der Waals surface area contributed by atoms with Crippen LogP contribution >= 0.6 is 24.0 Å². The molecule has 0 aliphatic carbocycles. The lowest BCUT2D eigenvalue weighted by Gasteiger charge is -2.19. The van der Waals surface area contributed by atoms with Gasteiger partial charge in [0.25, 0.3) is 0 Å². The molecule has 32 heavy (non-hydrogen) atoms. The average molecular weight is 554 g/mol. The molecule has 0 radical (unpaired) electrons. The predicted octanol–water partition coefficient (Wildman–Crippen LogP) is 3.58. The van der Waals surface area contributed by atoms with Gasteiger partial charge in [-0.1, -0.05) is 12.1 Å². The van der Waals surface area contributed by atoms with Crippen molar-refractivity contribution in [1.82, 2.24) is 15.5 Å². The van der Waals surface area contributed by atoms with Gasteiger partial charge in [0.2, 0.25) is 0 Å². The highest BCUT2D eigenvalue weighted by Crippen LogP contribution is 2.24. The van der Waals surface area contributed by atoms with Gasteiger partial charge in [0, 0.05) is 45.3 Å². The first-order chi connectivity index (χ1) is 15.0. The third kappa shape index (κ3) is 7.16. The van der Waals surface area contributed by atoms with Gasteiger partial charge in [-0.25, -0.2) is 0 Å². The summed E-state index contributed by atoms with van der Waals surface area (Å²) in [6.45, 7) is 5.59. The van der Waals surface area contributed by atoms with E-state index in [2.05, 4.69) is 50.9 Å². The third-order valence-electron chi connectivity index (χ3n) is 5.59. The molecule has 1 fully saturated rings. The van der Waals surface area contributed by atoms with Crippen molar-refractivity contribution in [3.05, 3.63) is 53.1 Å². The van der Waals surface area contributed by atoms with Crippen LogP contribution < -0.4 is 24.8 Å². The van der Waals surface area contributed by atoms with E-state index in [1.165, 1.54) is 5.56 Å². The van der Waals surface area contributed by atoms with Gasteiger partial charge in [-0.05, 0) is 48.2 Å². The summed E-state index contributed by atoms with van der Waals surface area (Å²) in [7, 11) is 6.87. The molecule has 2 aromatic rings. The summed E-state index contributed by atoms with van der Waals surface area (Å²) in [5, 5.41) is 6.96. The van der Waals surface area contributed by atoms with E-state index in [4.69, 9.17) is 14.2 Å². The van der Waals surface area contributed by atoms with Gasteiger partial charge >= 0.3 is 0 Å². The van der Waals surface area contributed by atoms with Gasteiger partial charge < -0.3 is 24.8 Å². The van der Waals surface area contributed by atoms with Crippen molar-refractivity contribution in [2.75, 3.05) is 41.5 Å². The lowest BCUT2D eigenvalue weighted by atomic mass is 10.1. The second-order valence-corrected chi connectivity index (χ2v) is 7.82. The minimum absolute atomic E-state index is 0. The molecule has 1 saturated heterocycles. The first-order valence-corrected chi connectivity index (χ1v) is 10.6. The van der Waals surface area contributed by atoms with Crippen LogP contribution in [-0.4, -0.2) is 58.4 Å². The number of ether oxygens (including phenoxy) is 3. The van der Waals surface area contributed by atoms with Crippen LogP contribution in [0.15, 0.2) is 41.4 Å². The second kappa shape index (κ2) is 12.7. The first-order valence-electron chi connectivity index (χ1n) is 10.6. The van der Waals surface area contributed by atoms with Crippen molar-refractivity contribution in [3.8, 4) is 17.2 Å². The van der Waals surface area contributed by atoms with Gasteiger partial charge in [-0.15, -0.1) is 24.0 Å². The van der Waals surface area contributed by atoms with Gasteiger partial charge in [0.15, 0.2) is 5.96 Å². The largest absolute Gasteiger partial charge is 0.497 e. The quantitative estimate of drug-likeness (QED) is 0.296. The number of likely N-dealkylation sites (tertiary alicyclic amines) is 1. The maximum absolute atomic E-state index is 5.42. The minimum Gasteiger partial charge on any atom is -0.497 e. The average Bonchev–Trinajstić information content (AvgIpc) is 3.23. The number of aliphatic imine (C=N–C) groups is 1. The normalized spacial score (nSPS) is 16.3. The van der Waals surface area contributed by atoms with Crippen LogP contribution in [0.1, 0.15) is 23.1 Å². The Bertz CT molecular complexity index is 885. The molecule has 0 aromatic heterocycles. The Morgan fingerprint density at radius 3 is 2.38 bits per heavy atom. The zero-order valence-corrected chi connectivity index (χ0v) is 21.9. The van der Waals surface area contributed by atoms with E-state index in [1.807, 2.05) is 13.0 Å². The van der Waals surface area contributed by atoms with Crippen LogP contribution in [0.2, 0.25) is 0 Å². The molecule has 0 spiro atoms. The highest BCUT2D eigenvalue weighted by molar-refractivity contribution is 14.0. The number of nitrogens with one attached hydrogen (secondary N) is 2. The summed E-state index contributed by atoms with van der Waals surface area (Å²) >= 11 is 0. The summed E-state index contributed by atoms with van der Waals surface area (Å²) in [4.78, 5) is 6.83. The van der Waals surface area contributed by atoms with Crippen LogP contribution in [0.25, 0.3) is 0 Å². The van der Waals surface area contributed by atoms with Crippen molar-refractivity contribution >= 4 is 29.9 Å². The Hall–Kier alpha value is -2.20. The van der Waals surface area contributed by atoms with Gasteiger partial charge in [-0.2, -0.15) is 0 Å². The SMILES string of the molecule is CN=C(NCc1ccc(C)c(OC)c1)NC1CCN(Cc2cc(OC)cc(OC)c2)C1.I. The molecule has 2 aromatic carbocycles. The molecule has 7 nitrogen and oxygen atoms in total. The fraction of sp³-hybridized carbons (Fsp3) is 0.458. The number of hydrogen-bond donors (Lipinski definition) is 2. The summed E-state index contributed by atoms with van der Waals surface area (Å²) < 4.78 is 16.2. The number of hydrogen-bond acceptors (Lipinski definition) is 5. The second-order valence-electron chi connectivity index (χ2n) is 7.82. The number of benzene rings is 2. The zero-order chi connectivity index (χ0) is 22.2. The number of nitrogens with zero attached hydrogens (tertiary/aromatic N) is 2. The fourth-order valence-corrected chi connectivity index (χ4v) is 3.86. The van der Waals surface area contributed by atoms with Gasteiger partial charge in [0.1, 0.15) is 17.2 Å². The molecule has 1 aliphatic heterocycles. The predicted molar refractivity (Wildman–Crippen MR) is 140 cm³/mol. The van der Waals surface area contributed by atoms with E-state index in [0.29, 0.717) is 12.6 Å². The number of rotatable bonds is 8. The molecule has 1 unspecified atom stereocenters. The molecule has 0 amide bonds. The maximum atomic E-state index is 5.42. The minimum atomic E-state index is 0. The van der Waals surface area contributed by atoms with E-state index in [0.717, 1.165) is 60.4 Å². The molecule has 8 heteroatoms. The zero-order valence-electron chi connectivity index (χ0n) is 19.6. The van der Waals surface area contributed by atoms with Gasteiger partial charge in [-0.3, -0.25) is 9.89 Å². The van der Waals surface area contributed by atoms with Crippen molar-refractivity contribution in [1.29, 1.82) is 0 Å². The Labute approximate surface area is 208 Å². The standard InChI is InChI=1S/C24H34N4O3.HI/c1-17-6-7-18(12-23(17)31-5)14-26-24(25-2)27-20-8-9-28(16-20)15-19-10-21(29-3)13-22(11-19)30-4;/h6-7,10-13,20H,8-9,14-16H2,1-5H3,(H2,25,26,27);1H. The van der Waals surface area contributed by atoms with Crippen LogP contribution in [0.4, 0.5) is 0 Å². The Kier molecular flexibility index (Phi) is 10.4. The van der Waals surface area contributed by atoms with Crippen molar-refractivity contribution < 1.29 is 14.2 Å². The molecule has 2 N–H and O–H groups in total. The molecule has 3 rings (SSSR count). The Balaban J connectivity index is 0.00000363. The molecular weight excluding hydrogens is 519 g/mol. The molecule has 176 valence electrons. The van der Waals surface area contributed by atoms with Crippen molar-refractivity contribution in [3.63, 3.8) is 0 Å². The molecule has 0 saturated carbocycles. The number of methoxy groups -OCH3 is 3. The highest BCUT2D eigenvalue weighted by Gasteiger charge is 2.23. The van der Waals surface area contributed by atoms with Crippen LogP contribution in [0.5, 0.6) is 17.2 Å². The van der Waals surface area contributed by atoms with Crippen LogP contribution in [0.3, 0.4) is 0 Å². The smallest absolute Gasteiger partial charge is 0.191 e. The monoisotopic (exact) mass is 554 g/mol. The number of aryl methyl sites for hydroxylation is 1. The lowest BCUT2D eigenvalue weighted by Crippen LogP contribution is -2.44. The molecule has 1 aliphatic rings. The lowest BCUT2D eigenvalue weighted by molar-refractivity contribution is 0.321. The molecule has 0 bridgehead atoms. The number of guanidine groups is 1.